The zero-order chi connectivity index (χ0) is 15.0. The largest absolute Gasteiger partial charge is 0.298 e. The van der Waals surface area contributed by atoms with Crippen molar-refractivity contribution in [3.8, 4) is 0 Å². The van der Waals surface area contributed by atoms with E-state index in [2.05, 4.69) is 11.0 Å². The molecule has 0 bridgehead atoms. The molecule has 4 nitrogen and oxygen atoms in total. The molecule has 2 atom stereocenters. The molecular weight excluding hydrogens is 308 g/mol. The molecule has 1 aromatic carbocycles. The van der Waals surface area contributed by atoms with Crippen LogP contribution >= 0.6 is 11.6 Å². The summed E-state index contributed by atoms with van der Waals surface area (Å²) >= 11 is 6.21. The van der Waals surface area contributed by atoms with Crippen molar-refractivity contribution in [2.75, 3.05) is 31.9 Å². The number of benzene rings is 1. The lowest BCUT2D eigenvalue weighted by atomic mass is 10.0. The zero-order valence-corrected chi connectivity index (χ0v) is 13.8. The minimum absolute atomic E-state index is 0.204. The molecule has 3 rings (SSSR count). The van der Waals surface area contributed by atoms with Crippen LogP contribution in [0.15, 0.2) is 24.3 Å². The number of rotatable bonds is 4. The first-order chi connectivity index (χ1) is 9.99. The van der Waals surface area contributed by atoms with E-state index in [9.17, 15) is 8.42 Å². The van der Waals surface area contributed by atoms with Gasteiger partial charge in [0.15, 0.2) is 0 Å². The van der Waals surface area contributed by atoms with Crippen molar-refractivity contribution in [3.05, 3.63) is 34.9 Å². The summed E-state index contributed by atoms with van der Waals surface area (Å²) < 4.78 is 25.6. The summed E-state index contributed by atoms with van der Waals surface area (Å²) in [4.78, 5) is 2.40. The standard InChI is InChI=1S/C15H21ClN2O2S/c1-2-21(19,20)18-10-13-8-17(9-14(13)11-18)7-12-5-3-4-6-15(12)16/h3-6,13-14H,2,7-11H2,1H3. The topological polar surface area (TPSA) is 40.6 Å². The molecule has 0 aromatic heterocycles. The molecule has 2 fully saturated rings. The smallest absolute Gasteiger partial charge is 0.213 e. The van der Waals surface area contributed by atoms with Crippen LogP contribution in [-0.2, 0) is 16.6 Å². The fourth-order valence-electron chi connectivity index (χ4n) is 3.45. The van der Waals surface area contributed by atoms with Gasteiger partial charge in [0.2, 0.25) is 10.0 Å². The molecule has 0 spiro atoms. The van der Waals surface area contributed by atoms with Crippen LogP contribution in [-0.4, -0.2) is 49.6 Å². The Bertz CT molecular complexity index is 606. The van der Waals surface area contributed by atoms with Gasteiger partial charge >= 0.3 is 0 Å². The van der Waals surface area contributed by atoms with E-state index in [1.807, 2.05) is 18.2 Å². The summed E-state index contributed by atoms with van der Waals surface area (Å²) in [5.41, 5.74) is 1.15. The maximum atomic E-state index is 11.9. The van der Waals surface area contributed by atoms with Gasteiger partial charge in [-0.2, -0.15) is 0 Å². The van der Waals surface area contributed by atoms with Crippen molar-refractivity contribution in [1.29, 1.82) is 0 Å². The Hall–Kier alpha value is -0.620. The molecule has 21 heavy (non-hydrogen) atoms. The molecule has 0 aliphatic carbocycles. The normalized spacial score (nSPS) is 27.1. The summed E-state index contributed by atoms with van der Waals surface area (Å²) in [7, 11) is -3.03. The van der Waals surface area contributed by atoms with Crippen LogP contribution in [0.2, 0.25) is 5.02 Å². The molecule has 0 radical (unpaired) electrons. The minimum Gasteiger partial charge on any atom is -0.298 e. The van der Waals surface area contributed by atoms with Gasteiger partial charge in [0.1, 0.15) is 0 Å². The molecule has 0 N–H and O–H groups in total. The molecule has 2 aliphatic rings. The van der Waals surface area contributed by atoms with E-state index in [4.69, 9.17) is 11.6 Å². The Labute approximate surface area is 131 Å². The van der Waals surface area contributed by atoms with Gasteiger partial charge in [-0.25, -0.2) is 12.7 Å². The van der Waals surface area contributed by atoms with E-state index in [0.29, 0.717) is 24.9 Å². The third-order valence-electron chi connectivity index (χ3n) is 4.64. The van der Waals surface area contributed by atoms with Crippen LogP contribution in [0.25, 0.3) is 0 Å². The second-order valence-electron chi connectivity index (χ2n) is 6.02. The first-order valence-corrected chi connectivity index (χ1v) is 9.42. The zero-order valence-electron chi connectivity index (χ0n) is 12.2. The van der Waals surface area contributed by atoms with Crippen LogP contribution < -0.4 is 0 Å². The number of halogens is 1. The predicted molar refractivity (Wildman–Crippen MR) is 84.7 cm³/mol. The maximum absolute atomic E-state index is 11.9. The number of hydrogen-bond donors (Lipinski definition) is 0. The lowest BCUT2D eigenvalue weighted by molar-refractivity contribution is 0.290. The Kier molecular flexibility index (Phi) is 4.28. The molecule has 2 saturated heterocycles. The van der Waals surface area contributed by atoms with Crippen molar-refractivity contribution in [3.63, 3.8) is 0 Å². The highest BCUT2D eigenvalue weighted by atomic mass is 35.5. The van der Waals surface area contributed by atoms with E-state index >= 15 is 0 Å². The van der Waals surface area contributed by atoms with E-state index in [0.717, 1.165) is 30.2 Å². The van der Waals surface area contributed by atoms with Crippen molar-refractivity contribution < 1.29 is 8.42 Å². The SMILES string of the molecule is CCS(=O)(=O)N1CC2CN(Cc3ccccc3Cl)CC2C1. The number of hydrogen-bond acceptors (Lipinski definition) is 3. The molecule has 2 heterocycles. The van der Waals surface area contributed by atoms with Gasteiger partial charge in [0.25, 0.3) is 0 Å². The van der Waals surface area contributed by atoms with Gasteiger partial charge < -0.3 is 0 Å². The number of likely N-dealkylation sites (tertiary alicyclic amines) is 1. The van der Waals surface area contributed by atoms with Crippen molar-refractivity contribution in [2.24, 2.45) is 11.8 Å². The van der Waals surface area contributed by atoms with Gasteiger partial charge in [-0.1, -0.05) is 29.8 Å². The second kappa shape index (κ2) is 5.88. The third-order valence-corrected chi connectivity index (χ3v) is 6.82. The van der Waals surface area contributed by atoms with Crippen molar-refractivity contribution in [2.45, 2.75) is 13.5 Å². The van der Waals surface area contributed by atoms with Crippen LogP contribution in [0.5, 0.6) is 0 Å². The summed E-state index contributed by atoms with van der Waals surface area (Å²) in [6, 6.07) is 7.93. The second-order valence-corrected chi connectivity index (χ2v) is 8.69. The minimum atomic E-state index is -3.03. The third kappa shape index (κ3) is 3.11. The van der Waals surface area contributed by atoms with Crippen LogP contribution in [0.1, 0.15) is 12.5 Å². The molecule has 1 aromatic rings. The van der Waals surface area contributed by atoms with Crippen molar-refractivity contribution >= 4 is 21.6 Å². The van der Waals surface area contributed by atoms with E-state index in [1.165, 1.54) is 0 Å². The number of nitrogens with zero attached hydrogens (tertiary/aromatic N) is 2. The quantitative estimate of drug-likeness (QED) is 0.849. The van der Waals surface area contributed by atoms with Gasteiger partial charge in [-0.15, -0.1) is 0 Å². The molecule has 2 unspecified atom stereocenters. The lowest BCUT2D eigenvalue weighted by Gasteiger charge is -2.21. The molecular formula is C15H21ClN2O2S. The predicted octanol–water partition coefficient (Wildman–Crippen LogP) is 2.05. The Morgan fingerprint density at radius 1 is 1.14 bits per heavy atom. The van der Waals surface area contributed by atoms with Crippen LogP contribution in [0.3, 0.4) is 0 Å². The summed E-state index contributed by atoms with van der Waals surface area (Å²) in [5.74, 6) is 1.14. The van der Waals surface area contributed by atoms with Gasteiger partial charge in [-0.3, -0.25) is 4.90 Å². The highest BCUT2D eigenvalue weighted by Gasteiger charge is 2.43. The Morgan fingerprint density at radius 3 is 2.33 bits per heavy atom. The maximum Gasteiger partial charge on any atom is 0.213 e. The Morgan fingerprint density at radius 2 is 1.76 bits per heavy atom. The average molecular weight is 329 g/mol. The number of sulfonamides is 1. The first kappa shape index (κ1) is 15.3. The molecule has 0 amide bonds. The average Bonchev–Trinajstić information content (AvgIpc) is 3.00. The lowest BCUT2D eigenvalue weighted by Crippen LogP contribution is -2.34. The highest BCUT2D eigenvalue weighted by Crippen LogP contribution is 2.33. The van der Waals surface area contributed by atoms with Gasteiger partial charge in [-0.05, 0) is 30.4 Å². The monoisotopic (exact) mass is 328 g/mol. The van der Waals surface area contributed by atoms with Gasteiger partial charge in [0, 0.05) is 37.7 Å². The van der Waals surface area contributed by atoms with E-state index in [-0.39, 0.29) is 5.75 Å². The summed E-state index contributed by atoms with van der Waals surface area (Å²) in [6.07, 6.45) is 0. The fraction of sp³-hybridized carbons (Fsp3) is 0.600. The van der Waals surface area contributed by atoms with E-state index < -0.39 is 10.0 Å². The summed E-state index contributed by atoms with van der Waals surface area (Å²) in [6.45, 7) is 5.86. The first-order valence-electron chi connectivity index (χ1n) is 7.43. The van der Waals surface area contributed by atoms with E-state index in [1.54, 1.807) is 11.2 Å². The summed E-state index contributed by atoms with van der Waals surface area (Å²) in [5, 5.41) is 0.810. The number of fused-ring (bicyclic) bond motifs is 1. The van der Waals surface area contributed by atoms with Gasteiger partial charge in [0.05, 0.1) is 5.75 Å². The van der Waals surface area contributed by atoms with Crippen LogP contribution in [0, 0.1) is 11.8 Å². The molecule has 6 heteroatoms. The fourth-order valence-corrected chi connectivity index (χ4v) is 4.85. The Balaban J connectivity index is 1.61. The molecule has 116 valence electrons. The van der Waals surface area contributed by atoms with Crippen LogP contribution in [0.4, 0.5) is 0 Å². The molecule has 2 aliphatic heterocycles. The van der Waals surface area contributed by atoms with Crippen molar-refractivity contribution in [1.82, 2.24) is 9.21 Å². The molecule has 0 saturated carbocycles. The highest BCUT2D eigenvalue weighted by molar-refractivity contribution is 7.89.